The van der Waals surface area contributed by atoms with Gasteiger partial charge in [-0.3, -0.25) is 4.79 Å². The largest absolute Gasteiger partial charge is 0.287 e. The Bertz CT molecular complexity index is 578. The SMILES string of the molecule is Cn1nnc(Br)c1C(=O)c1cccc(F)c1Br. The summed E-state index contributed by atoms with van der Waals surface area (Å²) in [5, 5.41) is 7.42. The molecule has 2 rings (SSSR count). The molecule has 0 aliphatic carbocycles. The topological polar surface area (TPSA) is 47.8 Å². The summed E-state index contributed by atoms with van der Waals surface area (Å²) in [6, 6.07) is 4.29. The number of hydrogen-bond acceptors (Lipinski definition) is 3. The van der Waals surface area contributed by atoms with Gasteiger partial charge in [0.2, 0.25) is 5.78 Å². The molecule has 0 aliphatic heterocycles. The van der Waals surface area contributed by atoms with Crippen molar-refractivity contribution in [3.8, 4) is 0 Å². The molecule has 1 aromatic carbocycles. The number of benzene rings is 1. The zero-order chi connectivity index (χ0) is 12.6. The molecule has 0 saturated carbocycles. The van der Waals surface area contributed by atoms with Crippen LogP contribution in [0.15, 0.2) is 27.3 Å². The van der Waals surface area contributed by atoms with Crippen molar-refractivity contribution in [2.24, 2.45) is 7.05 Å². The number of carbonyl (C=O) groups is 1. The fraction of sp³-hybridized carbons (Fsp3) is 0.100. The van der Waals surface area contributed by atoms with Gasteiger partial charge in [-0.05, 0) is 44.0 Å². The second kappa shape index (κ2) is 4.66. The van der Waals surface area contributed by atoms with Gasteiger partial charge in [-0.25, -0.2) is 9.07 Å². The number of nitrogens with zero attached hydrogens (tertiary/aromatic N) is 3. The molecule has 17 heavy (non-hydrogen) atoms. The van der Waals surface area contributed by atoms with Gasteiger partial charge < -0.3 is 0 Å². The standard InChI is InChI=1S/C10H6Br2FN3O/c1-16-8(10(12)14-15-16)9(17)5-3-2-4-6(13)7(5)11/h2-4H,1H3. The highest BCUT2D eigenvalue weighted by molar-refractivity contribution is 9.10. The van der Waals surface area contributed by atoms with Crippen LogP contribution in [0, 0.1) is 5.82 Å². The molecule has 0 spiro atoms. The van der Waals surface area contributed by atoms with E-state index in [2.05, 4.69) is 42.2 Å². The number of aromatic nitrogens is 3. The minimum Gasteiger partial charge on any atom is -0.287 e. The highest BCUT2D eigenvalue weighted by Crippen LogP contribution is 2.24. The summed E-state index contributed by atoms with van der Waals surface area (Å²) < 4.78 is 15.1. The molecule has 0 N–H and O–H groups in total. The number of hydrogen-bond donors (Lipinski definition) is 0. The van der Waals surface area contributed by atoms with Crippen LogP contribution >= 0.6 is 31.9 Å². The van der Waals surface area contributed by atoms with Gasteiger partial charge in [0.15, 0.2) is 4.60 Å². The lowest BCUT2D eigenvalue weighted by Gasteiger charge is -2.04. The molecule has 0 aliphatic rings. The van der Waals surface area contributed by atoms with Gasteiger partial charge in [-0.2, -0.15) is 0 Å². The Balaban J connectivity index is 2.55. The molecule has 4 nitrogen and oxygen atoms in total. The van der Waals surface area contributed by atoms with Gasteiger partial charge in [0.05, 0.1) is 4.47 Å². The van der Waals surface area contributed by atoms with Crippen LogP contribution in [0.5, 0.6) is 0 Å². The Morgan fingerprint density at radius 3 is 2.71 bits per heavy atom. The Morgan fingerprint density at radius 1 is 1.41 bits per heavy atom. The van der Waals surface area contributed by atoms with Gasteiger partial charge in [0.25, 0.3) is 0 Å². The minimum absolute atomic E-state index is 0.137. The summed E-state index contributed by atoms with van der Waals surface area (Å²) in [7, 11) is 1.60. The maximum absolute atomic E-state index is 13.3. The number of rotatable bonds is 2. The van der Waals surface area contributed by atoms with E-state index in [9.17, 15) is 9.18 Å². The van der Waals surface area contributed by atoms with Crippen molar-refractivity contribution in [1.29, 1.82) is 0 Å². The highest BCUT2D eigenvalue weighted by atomic mass is 79.9. The average Bonchev–Trinajstić information content (AvgIpc) is 2.62. The molecular weight excluding hydrogens is 357 g/mol. The smallest absolute Gasteiger partial charge is 0.215 e. The van der Waals surface area contributed by atoms with Gasteiger partial charge in [-0.1, -0.05) is 11.3 Å². The van der Waals surface area contributed by atoms with E-state index in [0.29, 0.717) is 4.60 Å². The first-order valence-electron chi connectivity index (χ1n) is 4.56. The van der Waals surface area contributed by atoms with Crippen molar-refractivity contribution in [3.63, 3.8) is 0 Å². The zero-order valence-corrected chi connectivity index (χ0v) is 11.8. The maximum Gasteiger partial charge on any atom is 0.215 e. The first-order valence-corrected chi connectivity index (χ1v) is 6.15. The molecular formula is C10H6Br2FN3O. The number of ketones is 1. The third kappa shape index (κ3) is 2.16. The molecule has 2 aromatic rings. The van der Waals surface area contributed by atoms with Gasteiger partial charge >= 0.3 is 0 Å². The van der Waals surface area contributed by atoms with Crippen molar-refractivity contribution < 1.29 is 9.18 Å². The van der Waals surface area contributed by atoms with Crippen LogP contribution in [0.1, 0.15) is 16.1 Å². The predicted molar refractivity (Wildman–Crippen MR) is 66.2 cm³/mol. The molecule has 7 heteroatoms. The number of carbonyl (C=O) groups excluding carboxylic acids is 1. The van der Waals surface area contributed by atoms with Crippen molar-refractivity contribution in [1.82, 2.24) is 15.0 Å². The quantitative estimate of drug-likeness (QED) is 0.772. The number of aryl methyl sites for hydroxylation is 1. The third-order valence-electron chi connectivity index (χ3n) is 2.20. The first-order chi connectivity index (χ1) is 8.02. The molecule has 0 saturated heterocycles. The Hall–Kier alpha value is -1.08. The van der Waals surface area contributed by atoms with Crippen LogP contribution in [0.4, 0.5) is 4.39 Å². The van der Waals surface area contributed by atoms with E-state index in [0.717, 1.165) is 0 Å². The minimum atomic E-state index is -0.484. The maximum atomic E-state index is 13.3. The summed E-state index contributed by atoms with van der Waals surface area (Å²) in [6.45, 7) is 0. The van der Waals surface area contributed by atoms with Crippen LogP contribution in [0.3, 0.4) is 0 Å². The Labute approximate surface area is 113 Å². The van der Waals surface area contributed by atoms with Crippen molar-refractivity contribution >= 4 is 37.6 Å². The van der Waals surface area contributed by atoms with Crippen molar-refractivity contribution in [3.05, 3.63) is 44.3 Å². The summed E-state index contributed by atoms with van der Waals surface area (Å²) in [6.07, 6.45) is 0. The van der Waals surface area contributed by atoms with Crippen molar-refractivity contribution in [2.75, 3.05) is 0 Å². The van der Waals surface area contributed by atoms with E-state index in [4.69, 9.17) is 0 Å². The average molecular weight is 363 g/mol. The molecule has 1 heterocycles. The highest BCUT2D eigenvalue weighted by Gasteiger charge is 2.21. The first kappa shape index (κ1) is 12.4. The van der Waals surface area contributed by atoms with E-state index in [-0.39, 0.29) is 21.5 Å². The normalized spacial score (nSPS) is 10.6. The van der Waals surface area contributed by atoms with E-state index >= 15 is 0 Å². The monoisotopic (exact) mass is 361 g/mol. The summed E-state index contributed by atoms with van der Waals surface area (Å²) >= 11 is 6.19. The summed E-state index contributed by atoms with van der Waals surface area (Å²) in [5.41, 5.74) is 0.507. The molecule has 88 valence electrons. The molecule has 1 aromatic heterocycles. The van der Waals surface area contributed by atoms with Crippen molar-refractivity contribution in [2.45, 2.75) is 0 Å². The van der Waals surface area contributed by atoms with Crippen LogP contribution < -0.4 is 0 Å². The molecule has 0 bridgehead atoms. The molecule has 0 unspecified atom stereocenters. The van der Waals surface area contributed by atoms with Gasteiger partial charge in [0, 0.05) is 12.6 Å². The Morgan fingerprint density at radius 2 is 2.12 bits per heavy atom. The summed E-state index contributed by atoms with van der Waals surface area (Å²) in [5.74, 6) is -0.835. The van der Waals surface area contributed by atoms with E-state index in [1.807, 2.05) is 0 Å². The lowest BCUT2D eigenvalue weighted by molar-refractivity contribution is 0.102. The second-order valence-corrected chi connectivity index (χ2v) is 4.83. The van der Waals surface area contributed by atoms with E-state index < -0.39 is 5.82 Å². The lowest BCUT2D eigenvalue weighted by Crippen LogP contribution is -2.10. The van der Waals surface area contributed by atoms with E-state index in [1.165, 1.54) is 22.9 Å². The van der Waals surface area contributed by atoms with Crippen LogP contribution in [0.25, 0.3) is 0 Å². The molecule has 0 radical (unpaired) electrons. The van der Waals surface area contributed by atoms with Crippen LogP contribution in [-0.4, -0.2) is 20.8 Å². The summed E-state index contributed by atoms with van der Waals surface area (Å²) in [4.78, 5) is 12.2. The number of halogens is 3. The van der Waals surface area contributed by atoms with Gasteiger partial charge in [0.1, 0.15) is 11.5 Å². The van der Waals surface area contributed by atoms with Crippen LogP contribution in [0.2, 0.25) is 0 Å². The third-order valence-corrected chi connectivity index (χ3v) is 3.54. The predicted octanol–water partition coefficient (Wildman–Crippen LogP) is 2.71. The molecule has 0 fully saturated rings. The zero-order valence-electron chi connectivity index (χ0n) is 8.62. The Kier molecular flexibility index (Phi) is 3.39. The van der Waals surface area contributed by atoms with Gasteiger partial charge in [-0.15, -0.1) is 5.10 Å². The molecule has 0 amide bonds. The van der Waals surface area contributed by atoms with E-state index in [1.54, 1.807) is 7.05 Å². The van der Waals surface area contributed by atoms with Crippen LogP contribution in [-0.2, 0) is 7.05 Å². The fourth-order valence-electron chi connectivity index (χ4n) is 1.38. The second-order valence-electron chi connectivity index (χ2n) is 3.28. The lowest BCUT2D eigenvalue weighted by atomic mass is 10.1. The molecule has 0 atom stereocenters. The fourth-order valence-corrected chi connectivity index (χ4v) is 2.33.